The lowest BCUT2D eigenvalue weighted by molar-refractivity contribution is -0.137. The molecule has 0 bridgehead atoms. The van der Waals surface area contributed by atoms with E-state index >= 15 is 0 Å². The second kappa shape index (κ2) is 7.40. The lowest BCUT2D eigenvalue weighted by Crippen LogP contribution is -2.30. The number of amides is 1. The zero-order valence-electron chi connectivity index (χ0n) is 13.2. The van der Waals surface area contributed by atoms with Crippen LogP contribution in [-0.4, -0.2) is 38.7 Å². The fourth-order valence-corrected chi connectivity index (χ4v) is 1.93. The molecular weight excluding hydrogens is 314 g/mol. The number of ketones is 1. The molecule has 0 spiro atoms. The molecule has 2 rings (SSSR count). The van der Waals surface area contributed by atoms with Crippen LogP contribution in [0.5, 0.6) is 5.75 Å². The molecule has 0 fully saturated rings. The van der Waals surface area contributed by atoms with Crippen molar-refractivity contribution in [2.24, 2.45) is 0 Å². The Kier molecular flexibility index (Phi) is 5.31. The van der Waals surface area contributed by atoms with E-state index < -0.39 is 18.0 Å². The molecule has 0 saturated carbocycles. The number of hydrogen-bond acceptors (Lipinski definition) is 5. The Labute approximate surface area is 138 Å². The van der Waals surface area contributed by atoms with Crippen LogP contribution < -0.4 is 10.1 Å². The quantitative estimate of drug-likeness (QED) is 0.745. The van der Waals surface area contributed by atoms with Crippen LogP contribution in [0.25, 0.3) is 0 Å². The first-order valence-corrected chi connectivity index (χ1v) is 7.19. The molecule has 8 heteroatoms. The summed E-state index contributed by atoms with van der Waals surface area (Å²) in [7, 11) is 0. The van der Waals surface area contributed by atoms with Crippen LogP contribution in [-0.2, 0) is 16.1 Å². The number of rotatable bonds is 7. The van der Waals surface area contributed by atoms with Crippen LogP contribution in [0, 0.1) is 0 Å². The Morgan fingerprint density at radius 1 is 1.33 bits per heavy atom. The lowest BCUT2D eigenvalue weighted by atomic mass is 10.1. The number of carbonyl (C=O) groups excluding carboxylic acids is 2. The number of Topliss-reactive ketones (excluding diaryl/α,β-unsaturated/α-hetero) is 1. The number of carbonyl (C=O) groups is 3. The maximum absolute atomic E-state index is 12.1. The summed E-state index contributed by atoms with van der Waals surface area (Å²) in [5, 5.41) is 15.1. The van der Waals surface area contributed by atoms with Crippen molar-refractivity contribution < 1.29 is 24.2 Å². The number of aromatic nitrogens is 2. The van der Waals surface area contributed by atoms with Crippen molar-refractivity contribution in [3.63, 3.8) is 0 Å². The molecule has 1 amide bonds. The van der Waals surface area contributed by atoms with Crippen LogP contribution in [0.1, 0.15) is 24.2 Å². The van der Waals surface area contributed by atoms with Gasteiger partial charge in [0.2, 0.25) is 0 Å². The Morgan fingerprint density at radius 2 is 2.08 bits per heavy atom. The van der Waals surface area contributed by atoms with Crippen molar-refractivity contribution >= 4 is 23.5 Å². The Balaban J connectivity index is 1.97. The van der Waals surface area contributed by atoms with E-state index in [0.717, 1.165) is 0 Å². The van der Waals surface area contributed by atoms with Crippen molar-refractivity contribution in [2.45, 2.75) is 26.5 Å². The maximum Gasteiger partial charge on any atom is 0.325 e. The van der Waals surface area contributed by atoms with Crippen LogP contribution in [0.4, 0.5) is 5.82 Å². The van der Waals surface area contributed by atoms with Gasteiger partial charge in [-0.05, 0) is 26.0 Å². The molecular formula is C16H17N3O5. The van der Waals surface area contributed by atoms with Gasteiger partial charge in [-0.15, -0.1) is 0 Å². The summed E-state index contributed by atoms with van der Waals surface area (Å²) < 4.78 is 6.71. The highest BCUT2D eigenvalue weighted by Gasteiger charge is 2.16. The molecule has 1 unspecified atom stereocenters. The number of hydrogen-bond donors (Lipinski definition) is 2. The predicted octanol–water partition coefficient (Wildman–Crippen LogP) is 1.58. The van der Waals surface area contributed by atoms with Gasteiger partial charge in [-0.3, -0.25) is 19.1 Å². The molecule has 0 aliphatic heterocycles. The minimum atomic E-state index is -1.03. The van der Waals surface area contributed by atoms with Gasteiger partial charge in [0.25, 0.3) is 5.91 Å². The van der Waals surface area contributed by atoms with Gasteiger partial charge in [0.05, 0.1) is 0 Å². The largest absolute Gasteiger partial charge is 0.481 e. The summed E-state index contributed by atoms with van der Waals surface area (Å²) in [6.45, 7) is 2.71. The third-order valence-electron chi connectivity index (χ3n) is 3.11. The maximum atomic E-state index is 12.1. The topological polar surface area (TPSA) is 111 Å². The molecule has 126 valence electrons. The standard InChI is InChI=1S/C16H17N3O5/c1-10(20)12-4-3-5-13(8-12)24-11(2)16(23)17-14-6-7-19(18-14)9-15(21)22/h3-8,11H,9H2,1-2H3,(H,21,22)(H,17,18,23). The Hall–Kier alpha value is -3.16. The van der Waals surface area contributed by atoms with Gasteiger partial charge in [0.15, 0.2) is 17.7 Å². The van der Waals surface area contributed by atoms with Crippen LogP contribution in [0.15, 0.2) is 36.5 Å². The van der Waals surface area contributed by atoms with E-state index in [1.165, 1.54) is 23.9 Å². The number of nitrogens with one attached hydrogen (secondary N) is 1. The SMILES string of the molecule is CC(=O)c1cccc(OC(C)C(=O)Nc2ccn(CC(=O)O)n2)c1. The molecule has 8 nitrogen and oxygen atoms in total. The Morgan fingerprint density at radius 3 is 2.75 bits per heavy atom. The van der Waals surface area contributed by atoms with Crippen LogP contribution >= 0.6 is 0 Å². The number of aliphatic carboxylic acids is 1. The van der Waals surface area contributed by atoms with Crippen molar-refractivity contribution in [1.82, 2.24) is 9.78 Å². The smallest absolute Gasteiger partial charge is 0.325 e. The lowest BCUT2D eigenvalue weighted by Gasteiger charge is -2.14. The van der Waals surface area contributed by atoms with Crippen molar-refractivity contribution in [2.75, 3.05) is 5.32 Å². The van der Waals surface area contributed by atoms with Gasteiger partial charge in [-0.2, -0.15) is 5.10 Å². The van der Waals surface area contributed by atoms with Gasteiger partial charge >= 0.3 is 5.97 Å². The van der Waals surface area contributed by atoms with Gasteiger partial charge < -0.3 is 15.2 Å². The molecule has 0 radical (unpaired) electrons. The molecule has 1 aromatic carbocycles. The van der Waals surface area contributed by atoms with Gasteiger partial charge in [-0.25, -0.2) is 0 Å². The van der Waals surface area contributed by atoms with Crippen molar-refractivity contribution in [3.8, 4) is 5.75 Å². The first kappa shape index (κ1) is 17.2. The van der Waals surface area contributed by atoms with E-state index in [1.807, 2.05) is 0 Å². The van der Waals surface area contributed by atoms with E-state index in [1.54, 1.807) is 31.2 Å². The average Bonchev–Trinajstić information content (AvgIpc) is 2.93. The molecule has 1 atom stereocenters. The fourth-order valence-electron chi connectivity index (χ4n) is 1.93. The summed E-state index contributed by atoms with van der Waals surface area (Å²) in [5.74, 6) is -0.931. The van der Waals surface area contributed by atoms with E-state index in [4.69, 9.17) is 9.84 Å². The fraction of sp³-hybridized carbons (Fsp3) is 0.250. The minimum absolute atomic E-state index is 0.0958. The van der Waals surface area contributed by atoms with Crippen molar-refractivity contribution in [1.29, 1.82) is 0 Å². The average molecular weight is 331 g/mol. The first-order chi connectivity index (χ1) is 11.3. The second-order valence-electron chi connectivity index (χ2n) is 5.13. The normalized spacial score (nSPS) is 11.6. The molecule has 0 aliphatic rings. The van der Waals surface area contributed by atoms with Gasteiger partial charge in [0.1, 0.15) is 12.3 Å². The van der Waals surface area contributed by atoms with E-state index in [0.29, 0.717) is 11.3 Å². The number of ether oxygens (including phenoxy) is 1. The summed E-state index contributed by atoms with van der Waals surface area (Å²) in [6.07, 6.45) is 0.628. The summed E-state index contributed by atoms with van der Waals surface area (Å²) in [6, 6.07) is 8.04. The minimum Gasteiger partial charge on any atom is -0.481 e. The number of benzene rings is 1. The van der Waals surface area contributed by atoms with E-state index in [9.17, 15) is 14.4 Å². The monoisotopic (exact) mass is 331 g/mol. The van der Waals surface area contributed by atoms with E-state index in [2.05, 4.69) is 10.4 Å². The number of anilines is 1. The highest BCUT2D eigenvalue weighted by Crippen LogP contribution is 2.16. The summed E-state index contributed by atoms with van der Waals surface area (Å²) in [4.78, 5) is 34.0. The van der Waals surface area contributed by atoms with Gasteiger partial charge in [0, 0.05) is 17.8 Å². The molecule has 0 aliphatic carbocycles. The number of carboxylic acid groups (broad SMARTS) is 1. The molecule has 2 aromatic rings. The van der Waals surface area contributed by atoms with Crippen LogP contribution in [0.3, 0.4) is 0 Å². The third-order valence-corrected chi connectivity index (χ3v) is 3.11. The molecule has 1 heterocycles. The Bertz CT molecular complexity index is 769. The third kappa shape index (κ3) is 4.67. The van der Waals surface area contributed by atoms with Crippen LogP contribution in [0.2, 0.25) is 0 Å². The van der Waals surface area contributed by atoms with E-state index in [-0.39, 0.29) is 18.1 Å². The summed E-state index contributed by atoms with van der Waals surface area (Å²) in [5.41, 5.74) is 0.493. The zero-order valence-corrected chi connectivity index (χ0v) is 13.2. The first-order valence-electron chi connectivity index (χ1n) is 7.19. The second-order valence-corrected chi connectivity index (χ2v) is 5.13. The zero-order chi connectivity index (χ0) is 17.7. The predicted molar refractivity (Wildman–Crippen MR) is 85.0 cm³/mol. The highest BCUT2D eigenvalue weighted by molar-refractivity contribution is 5.95. The number of carboxylic acids is 1. The molecule has 0 saturated heterocycles. The molecule has 1 aromatic heterocycles. The highest BCUT2D eigenvalue weighted by atomic mass is 16.5. The molecule has 2 N–H and O–H groups in total. The molecule has 24 heavy (non-hydrogen) atoms. The van der Waals surface area contributed by atoms with Crippen molar-refractivity contribution in [3.05, 3.63) is 42.1 Å². The summed E-state index contributed by atoms with van der Waals surface area (Å²) >= 11 is 0. The van der Waals surface area contributed by atoms with Gasteiger partial charge in [-0.1, -0.05) is 12.1 Å². The number of nitrogens with zero attached hydrogens (tertiary/aromatic N) is 2.